The lowest BCUT2D eigenvalue weighted by molar-refractivity contribution is 0.0949. The van der Waals surface area contributed by atoms with Gasteiger partial charge in [-0.1, -0.05) is 42.5 Å². The highest BCUT2D eigenvalue weighted by Gasteiger charge is 2.33. The van der Waals surface area contributed by atoms with Gasteiger partial charge in [0.25, 0.3) is 0 Å². The molecule has 1 saturated heterocycles. The third-order valence-electron chi connectivity index (χ3n) is 5.22. The SMILES string of the molecule is O=C(c1csc(N[C@@H](Cc2ccc(NS(=O)(=O)O)cc2)c2csc(-c3ccccc3)n2)n1)C1CO1. The number of rotatable bonds is 10. The normalized spacial score (nSPS) is 16.0. The predicted molar refractivity (Wildman–Crippen MR) is 135 cm³/mol. The molecule has 1 aliphatic rings. The van der Waals surface area contributed by atoms with Crippen molar-refractivity contribution in [3.8, 4) is 10.6 Å². The first-order valence-electron chi connectivity index (χ1n) is 10.6. The van der Waals surface area contributed by atoms with Crippen LogP contribution in [0.25, 0.3) is 10.6 Å². The van der Waals surface area contributed by atoms with Crippen molar-refractivity contribution in [1.29, 1.82) is 0 Å². The number of aromatic nitrogens is 2. The van der Waals surface area contributed by atoms with Crippen molar-refractivity contribution in [3.63, 3.8) is 0 Å². The Bertz CT molecular complexity index is 1430. The summed E-state index contributed by atoms with van der Waals surface area (Å²) in [4.78, 5) is 21.6. The number of carbonyl (C=O) groups is 1. The molecule has 2 atom stereocenters. The van der Waals surface area contributed by atoms with E-state index in [1.54, 1.807) is 29.6 Å². The van der Waals surface area contributed by atoms with Gasteiger partial charge in [-0.15, -0.1) is 22.7 Å². The second kappa shape index (κ2) is 9.84. The Hall–Kier alpha value is -3.16. The van der Waals surface area contributed by atoms with Crippen LogP contribution in [0, 0.1) is 0 Å². The van der Waals surface area contributed by atoms with Crippen LogP contribution in [0.5, 0.6) is 0 Å². The second-order valence-electron chi connectivity index (χ2n) is 7.84. The number of nitrogens with one attached hydrogen (secondary N) is 2. The molecule has 0 saturated carbocycles. The molecule has 180 valence electrons. The monoisotopic (exact) mass is 528 g/mol. The minimum Gasteiger partial charge on any atom is -0.364 e. The van der Waals surface area contributed by atoms with Crippen molar-refractivity contribution in [2.75, 3.05) is 16.6 Å². The minimum absolute atomic E-state index is 0.118. The van der Waals surface area contributed by atoms with Crippen molar-refractivity contribution >= 4 is 49.6 Å². The molecule has 0 amide bonds. The highest BCUT2D eigenvalue weighted by molar-refractivity contribution is 7.87. The van der Waals surface area contributed by atoms with Crippen molar-refractivity contribution in [2.45, 2.75) is 18.6 Å². The van der Waals surface area contributed by atoms with E-state index in [2.05, 4.69) is 10.3 Å². The van der Waals surface area contributed by atoms with E-state index in [9.17, 15) is 13.2 Å². The molecule has 0 aliphatic carbocycles. The lowest BCUT2D eigenvalue weighted by atomic mass is 10.0. The second-order valence-corrected chi connectivity index (χ2v) is 10.7. The molecule has 2 aromatic carbocycles. The van der Waals surface area contributed by atoms with Gasteiger partial charge in [-0.3, -0.25) is 14.1 Å². The highest BCUT2D eigenvalue weighted by Crippen LogP contribution is 2.31. The average Bonchev–Trinajstić information content (AvgIpc) is 3.38. The van der Waals surface area contributed by atoms with Crippen LogP contribution in [0.3, 0.4) is 0 Å². The fraction of sp³-hybridized carbons (Fsp3) is 0.174. The van der Waals surface area contributed by atoms with E-state index >= 15 is 0 Å². The zero-order valence-electron chi connectivity index (χ0n) is 18.1. The first-order chi connectivity index (χ1) is 16.8. The summed E-state index contributed by atoms with van der Waals surface area (Å²) >= 11 is 2.88. The van der Waals surface area contributed by atoms with Gasteiger partial charge >= 0.3 is 10.3 Å². The van der Waals surface area contributed by atoms with Crippen LogP contribution in [0.2, 0.25) is 0 Å². The van der Waals surface area contributed by atoms with E-state index in [1.165, 1.54) is 22.7 Å². The predicted octanol–water partition coefficient (Wildman–Crippen LogP) is 4.46. The molecule has 0 radical (unpaired) electrons. The van der Waals surface area contributed by atoms with Crippen molar-refractivity contribution in [2.24, 2.45) is 0 Å². The molecule has 2 aromatic heterocycles. The minimum atomic E-state index is -4.34. The van der Waals surface area contributed by atoms with Crippen molar-refractivity contribution in [1.82, 2.24) is 9.97 Å². The van der Waals surface area contributed by atoms with Crippen molar-refractivity contribution < 1.29 is 22.5 Å². The Balaban J connectivity index is 1.39. The molecule has 4 aromatic rings. The highest BCUT2D eigenvalue weighted by atomic mass is 32.2. The molecule has 5 rings (SSSR count). The third-order valence-corrected chi connectivity index (χ3v) is 7.40. The number of thiazole rings is 2. The van der Waals surface area contributed by atoms with Gasteiger partial charge in [-0.25, -0.2) is 9.97 Å². The summed E-state index contributed by atoms with van der Waals surface area (Å²) in [6.07, 6.45) is 0.140. The molecule has 9 nitrogen and oxygen atoms in total. The van der Waals surface area contributed by atoms with E-state index < -0.39 is 10.3 Å². The average molecular weight is 529 g/mol. The van der Waals surface area contributed by atoms with Gasteiger partial charge in [0.05, 0.1) is 24.0 Å². The van der Waals surface area contributed by atoms with Crippen LogP contribution in [0.15, 0.2) is 65.4 Å². The van der Waals surface area contributed by atoms with E-state index in [1.807, 2.05) is 40.4 Å². The van der Waals surface area contributed by atoms with Gasteiger partial charge in [0.2, 0.25) is 5.78 Å². The maximum atomic E-state index is 12.3. The number of nitrogens with zero attached hydrogens (tertiary/aromatic N) is 2. The standard InChI is InChI=1S/C23H20N4O5S3/c28-21(20-11-32-20)19-13-34-23(26-19)25-17(10-14-6-8-16(9-7-14)27-35(29,30)31)18-12-33-22(24-18)15-4-2-1-3-5-15/h1-9,12-13,17,20,27H,10-11H2,(H,25,26)(H,29,30,31)/t17-,20?/m0/s1. The van der Waals surface area contributed by atoms with Crippen LogP contribution in [-0.4, -0.2) is 41.4 Å². The summed E-state index contributed by atoms with van der Waals surface area (Å²) < 4.78 is 38.2. The maximum Gasteiger partial charge on any atom is 0.357 e. The van der Waals surface area contributed by atoms with Crippen LogP contribution in [0.1, 0.15) is 27.8 Å². The molecule has 1 aliphatic heterocycles. The Morgan fingerprint density at radius 2 is 1.83 bits per heavy atom. The number of hydrogen-bond donors (Lipinski definition) is 3. The third kappa shape index (κ3) is 6.10. The van der Waals surface area contributed by atoms with Crippen molar-refractivity contribution in [3.05, 3.63) is 82.3 Å². The summed E-state index contributed by atoms with van der Waals surface area (Å²) in [5.41, 5.74) is 3.39. The molecule has 1 unspecified atom stereocenters. The van der Waals surface area contributed by atoms with Crippen LogP contribution < -0.4 is 10.0 Å². The summed E-state index contributed by atoms with van der Waals surface area (Å²) in [5.74, 6) is -0.118. The fourth-order valence-corrected chi connectivity index (χ4v) is 5.52. The Morgan fingerprint density at radius 1 is 1.09 bits per heavy atom. The lowest BCUT2D eigenvalue weighted by Gasteiger charge is -2.17. The first kappa shape index (κ1) is 23.6. The molecule has 3 N–H and O–H groups in total. The van der Waals surface area contributed by atoms with Crippen LogP contribution in [0.4, 0.5) is 10.8 Å². The molecular weight excluding hydrogens is 508 g/mol. The lowest BCUT2D eigenvalue weighted by Crippen LogP contribution is -2.15. The summed E-state index contributed by atoms with van der Waals surface area (Å²) in [5, 5.41) is 8.60. The summed E-state index contributed by atoms with van der Waals surface area (Å²) in [7, 11) is -4.34. The summed E-state index contributed by atoms with van der Waals surface area (Å²) in [6, 6.07) is 16.3. The number of epoxide rings is 1. The van der Waals surface area contributed by atoms with E-state index in [4.69, 9.17) is 14.3 Å². The van der Waals surface area contributed by atoms with Crippen LogP contribution >= 0.6 is 22.7 Å². The fourth-order valence-electron chi connectivity index (χ4n) is 3.45. The number of hydrogen-bond acceptors (Lipinski definition) is 9. The largest absolute Gasteiger partial charge is 0.364 e. The number of ketones is 1. The van der Waals surface area contributed by atoms with Gasteiger partial charge in [-0.05, 0) is 24.1 Å². The zero-order chi connectivity index (χ0) is 24.4. The first-order valence-corrected chi connectivity index (χ1v) is 13.8. The number of anilines is 2. The Morgan fingerprint density at radius 3 is 2.51 bits per heavy atom. The Labute approximate surface area is 209 Å². The van der Waals surface area contributed by atoms with E-state index in [0.717, 1.165) is 21.8 Å². The Kier molecular flexibility index (Phi) is 6.62. The number of benzene rings is 2. The van der Waals surface area contributed by atoms with Gasteiger partial charge in [0, 0.05) is 16.3 Å². The molecule has 1 fully saturated rings. The molecule has 0 spiro atoms. The molecule has 0 bridgehead atoms. The quantitative estimate of drug-likeness (QED) is 0.156. The molecule has 3 heterocycles. The van der Waals surface area contributed by atoms with Gasteiger partial charge < -0.3 is 10.1 Å². The topological polar surface area (TPSA) is 134 Å². The van der Waals surface area contributed by atoms with Gasteiger partial charge in [-0.2, -0.15) is 8.42 Å². The molecule has 35 heavy (non-hydrogen) atoms. The van der Waals surface area contributed by atoms with E-state index in [0.29, 0.717) is 23.9 Å². The maximum absolute atomic E-state index is 12.3. The smallest absolute Gasteiger partial charge is 0.357 e. The number of Topliss-reactive ketones (excluding diaryl/α,β-unsaturated/α-hetero) is 1. The molecular formula is C23H20N4O5S3. The summed E-state index contributed by atoms with van der Waals surface area (Å²) in [6.45, 7) is 0.436. The molecule has 12 heteroatoms. The number of ether oxygens (including phenoxy) is 1. The van der Waals surface area contributed by atoms with Gasteiger partial charge in [0.1, 0.15) is 16.8 Å². The van der Waals surface area contributed by atoms with Crippen LogP contribution in [-0.2, 0) is 21.5 Å². The zero-order valence-corrected chi connectivity index (χ0v) is 20.6. The van der Waals surface area contributed by atoms with Gasteiger partial charge in [0.15, 0.2) is 5.13 Å². The van der Waals surface area contributed by atoms with E-state index in [-0.39, 0.29) is 23.6 Å². The number of carbonyl (C=O) groups excluding carboxylic acids is 1.